The van der Waals surface area contributed by atoms with Crippen LogP contribution in [0.3, 0.4) is 0 Å². The fraction of sp³-hybridized carbons (Fsp3) is 0.577. The van der Waals surface area contributed by atoms with Crippen molar-refractivity contribution in [3.05, 3.63) is 47.3 Å². The summed E-state index contributed by atoms with van der Waals surface area (Å²) in [7, 11) is -1.89. The van der Waals surface area contributed by atoms with Gasteiger partial charge in [-0.25, -0.2) is 13.6 Å². The number of halogens is 2. The summed E-state index contributed by atoms with van der Waals surface area (Å²) < 4.78 is 32.3. The number of likely N-dealkylation sites (tertiary alicyclic amines) is 2. The van der Waals surface area contributed by atoms with Gasteiger partial charge in [0.15, 0.2) is 0 Å². The first kappa shape index (κ1) is 29.5. The van der Waals surface area contributed by atoms with E-state index in [1.165, 1.54) is 29.2 Å². The highest BCUT2D eigenvalue weighted by molar-refractivity contribution is 6.43. The van der Waals surface area contributed by atoms with Crippen molar-refractivity contribution in [2.75, 3.05) is 26.2 Å². The first-order valence-electron chi connectivity index (χ1n) is 12.7. The summed E-state index contributed by atoms with van der Waals surface area (Å²) >= 11 is 0. The molecule has 2 amide bonds. The van der Waals surface area contributed by atoms with Crippen LogP contribution in [0, 0.1) is 17.1 Å². The standard InChI is InChI=1S/C26H35BF2N4O5/c1-25(2,32-12-9-21(29)16-32)14-19(15-30)23(34)33-11-4-10-26(33,3)17-38-24(35)31-22(27(36)37)13-18-5-7-20(28)8-6-18/h5-8,14,21-22,36-37H,4,9-13,16-17H2,1-3H3,(H,31,35)/t21-,22-,26+/m0/s1. The van der Waals surface area contributed by atoms with Crippen LogP contribution in [0.2, 0.25) is 0 Å². The molecule has 0 bridgehead atoms. The Balaban J connectivity index is 1.64. The number of carbonyl (C=O) groups excluding carboxylic acids is 2. The SMILES string of the molecule is CC(C)(C=C(C#N)C(=O)N1CCC[C@]1(C)COC(=O)N[C@@H](Cc1ccc(F)cc1)B(O)O)N1CC[C@H](F)C1. The maximum atomic E-state index is 13.7. The van der Waals surface area contributed by atoms with Crippen LogP contribution in [-0.2, 0) is 16.0 Å². The normalized spacial score (nSPS) is 23.2. The van der Waals surface area contributed by atoms with Crippen LogP contribution in [0.1, 0.15) is 45.6 Å². The van der Waals surface area contributed by atoms with Crippen molar-refractivity contribution in [3.63, 3.8) is 0 Å². The average molecular weight is 532 g/mol. The molecule has 3 atom stereocenters. The molecule has 38 heavy (non-hydrogen) atoms. The van der Waals surface area contributed by atoms with Gasteiger partial charge < -0.3 is 25.0 Å². The molecule has 0 spiro atoms. The first-order valence-corrected chi connectivity index (χ1v) is 12.7. The lowest BCUT2D eigenvalue weighted by Gasteiger charge is -2.36. The Morgan fingerprint density at radius 2 is 2.03 bits per heavy atom. The average Bonchev–Trinajstić information content (AvgIpc) is 3.48. The minimum Gasteiger partial charge on any atom is -0.447 e. The molecule has 2 aliphatic rings. The Morgan fingerprint density at radius 1 is 1.34 bits per heavy atom. The summed E-state index contributed by atoms with van der Waals surface area (Å²) in [6, 6.07) is 7.40. The summed E-state index contributed by atoms with van der Waals surface area (Å²) in [5.74, 6) is -2.03. The van der Waals surface area contributed by atoms with E-state index in [4.69, 9.17) is 4.74 Å². The summed E-state index contributed by atoms with van der Waals surface area (Å²) in [5, 5.41) is 31.6. The van der Waals surface area contributed by atoms with Crippen molar-refractivity contribution >= 4 is 19.1 Å². The van der Waals surface area contributed by atoms with Crippen LogP contribution in [0.25, 0.3) is 0 Å². The summed E-state index contributed by atoms with van der Waals surface area (Å²) in [6.45, 7) is 6.41. The van der Waals surface area contributed by atoms with Crippen LogP contribution < -0.4 is 5.32 Å². The molecular weight excluding hydrogens is 497 g/mol. The second-order valence-electron chi connectivity index (χ2n) is 10.8. The minimum absolute atomic E-state index is 0.0290. The number of carbonyl (C=O) groups is 2. The fourth-order valence-corrected chi connectivity index (χ4v) is 5.01. The highest BCUT2D eigenvalue weighted by Crippen LogP contribution is 2.32. The van der Waals surface area contributed by atoms with E-state index in [1.54, 1.807) is 13.0 Å². The maximum Gasteiger partial charge on any atom is 0.475 e. The highest BCUT2D eigenvalue weighted by atomic mass is 19.1. The number of nitrogens with zero attached hydrogens (tertiary/aromatic N) is 3. The molecule has 0 aliphatic carbocycles. The molecule has 3 rings (SSSR count). The van der Waals surface area contributed by atoms with Gasteiger partial charge in [-0.1, -0.05) is 12.1 Å². The molecule has 0 saturated carbocycles. The number of nitriles is 1. The predicted molar refractivity (Wildman–Crippen MR) is 137 cm³/mol. The molecule has 1 aromatic rings. The highest BCUT2D eigenvalue weighted by Gasteiger charge is 2.43. The van der Waals surface area contributed by atoms with Gasteiger partial charge in [-0.05, 0) is 70.2 Å². The van der Waals surface area contributed by atoms with Crippen LogP contribution in [-0.4, -0.2) is 88.4 Å². The fourth-order valence-electron chi connectivity index (χ4n) is 5.01. The molecule has 0 radical (unpaired) electrons. The third-order valence-electron chi connectivity index (χ3n) is 7.33. The quantitative estimate of drug-likeness (QED) is 0.253. The van der Waals surface area contributed by atoms with E-state index in [0.29, 0.717) is 37.9 Å². The zero-order chi connectivity index (χ0) is 28.1. The molecule has 1 aromatic carbocycles. The van der Waals surface area contributed by atoms with Crippen molar-refractivity contribution in [1.29, 1.82) is 5.26 Å². The third-order valence-corrected chi connectivity index (χ3v) is 7.33. The molecule has 0 aromatic heterocycles. The van der Waals surface area contributed by atoms with Gasteiger partial charge in [0.05, 0.1) is 11.5 Å². The van der Waals surface area contributed by atoms with E-state index < -0.39 is 48.1 Å². The maximum absolute atomic E-state index is 13.7. The third kappa shape index (κ3) is 7.31. The number of hydrogen-bond donors (Lipinski definition) is 3. The second-order valence-corrected chi connectivity index (χ2v) is 10.8. The van der Waals surface area contributed by atoms with Gasteiger partial charge in [0, 0.05) is 25.2 Å². The largest absolute Gasteiger partial charge is 0.475 e. The second kappa shape index (κ2) is 12.2. The molecule has 2 aliphatic heterocycles. The topological polar surface area (TPSA) is 126 Å². The van der Waals surface area contributed by atoms with E-state index in [0.717, 1.165) is 0 Å². The molecule has 12 heteroatoms. The van der Waals surface area contributed by atoms with Crippen LogP contribution in [0.5, 0.6) is 0 Å². The first-order chi connectivity index (χ1) is 17.8. The van der Waals surface area contributed by atoms with Crippen LogP contribution in [0.15, 0.2) is 35.9 Å². The molecule has 3 N–H and O–H groups in total. The molecule has 9 nitrogen and oxygen atoms in total. The number of nitrogens with one attached hydrogen (secondary N) is 1. The number of amides is 2. The van der Waals surface area contributed by atoms with Crippen molar-refractivity contribution in [2.45, 2.75) is 69.6 Å². The number of alkyl halides is 1. The van der Waals surface area contributed by atoms with Gasteiger partial charge in [0.25, 0.3) is 5.91 Å². The van der Waals surface area contributed by atoms with Gasteiger partial charge in [0.2, 0.25) is 0 Å². The van der Waals surface area contributed by atoms with Crippen molar-refractivity contribution < 1.29 is 33.2 Å². The van der Waals surface area contributed by atoms with E-state index in [1.807, 2.05) is 24.8 Å². The predicted octanol–water partition coefficient (Wildman–Crippen LogP) is 2.13. The molecule has 0 unspecified atom stereocenters. The molecule has 2 heterocycles. The lowest BCUT2D eigenvalue weighted by Crippen LogP contribution is -2.52. The van der Waals surface area contributed by atoms with Crippen molar-refractivity contribution in [2.24, 2.45) is 0 Å². The monoisotopic (exact) mass is 532 g/mol. The van der Waals surface area contributed by atoms with Crippen molar-refractivity contribution in [3.8, 4) is 6.07 Å². The zero-order valence-electron chi connectivity index (χ0n) is 22.0. The number of ether oxygens (including phenoxy) is 1. The Bertz CT molecular complexity index is 1080. The van der Waals surface area contributed by atoms with Gasteiger partial charge >= 0.3 is 13.2 Å². The Kier molecular flexibility index (Phi) is 9.52. The molecule has 206 valence electrons. The summed E-state index contributed by atoms with van der Waals surface area (Å²) in [4.78, 5) is 29.3. The zero-order valence-corrected chi connectivity index (χ0v) is 22.0. The summed E-state index contributed by atoms with van der Waals surface area (Å²) in [6.07, 6.45) is 1.35. The van der Waals surface area contributed by atoms with E-state index in [-0.39, 0.29) is 25.1 Å². The molecule has 2 fully saturated rings. The van der Waals surface area contributed by atoms with E-state index >= 15 is 0 Å². The molecular formula is C26H35BF2N4O5. The van der Waals surface area contributed by atoms with Gasteiger partial charge in [-0.3, -0.25) is 9.69 Å². The Morgan fingerprint density at radius 3 is 2.61 bits per heavy atom. The van der Waals surface area contributed by atoms with Gasteiger partial charge in [-0.15, -0.1) is 0 Å². The van der Waals surface area contributed by atoms with Crippen LogP contribution >= 0.6 is 0 Å². The van der Waals surface area contributed by atoms with Crippen LogP contribution in [0.4, 0.5) is 13.6 Å². The smallest absolute Gasteiger partial charge is 0.447 e. The number of benzene rings is 1. The number of alkyl carbamates (subject to hydrolysis) is 1. The number of rotatable bonds is 9. The van der Waals surface area contributed by atoms with Crippen molar-refractivity contribution in [1.82, 2.24) is 15.1 Å². The molecule has 2 saturated heterocycles. The lowest BCUT2D eigenvalue weighted by molar-refractivity contribution is -0.131. The number of hydrogen-bond acceptors (Lipinski definition) is 7. The van der Waals surface area contributed by atoms with Gasteiger partial charge in [0.1, 0.15) is 30.2 Å². The van der Waals surface area contributed by atoms with Gasteiger partial charge in [-0.2, -0.15) is 5.26 Å². The van der Waals surface area contributed by atoms with E-state index in [9.17, 15) is 33.7 Å². The Hall–Kier alpha value is -3.01. The lowest BCUT2D eigenvalue weighted by atomic mass is 9.76. The summed E-state index contributed by atoms with van der Waals surface area (Å²) in [5.41, 5.74) is -1.05. The van der Waals surface area contributed by atoms with E-state index in [2.05, 4.69) is 5.32 Å². The Labute approximate surface area is 222 Å². The minimum atomic E-state index is -1.89.